The third kappa shape index (κ3) is 6.06. The van der Waals surface area contributed by atoms with Crippen LogP contribution in [-0.4, -0.2) is 24.0 Å². The average molecular weight is 240 g/mol. The van der Waals surface area contributed by atoms with Gasteiger partial charge in [-0.05, 0) is 45.1 Å². The van der Waals surface area contributed by atoms with Gasteiger partial charge in [0.1, 0.15) is 0 Å². The molecule has 3 heteroatoms. The van der Waals surface area contributed by atoms with Crippen LogP contribution in [0.15, 0.2) is 0 Å². The molecule has 0 bridgehead atoms. The van der Waals surface area contributed by atoms with Crippen LogP contribution in [0.2, 0.25) is 0 Å². The molecule has 1 saturated heterocycles. The Morgan fingerprint density at radius 1 is 1.29 bits per heavy atom. The third-order valence-corrected chi connectivity index (χ3v) is 3.04. The first-order chi connectivity index (χ1) is 7.68. The minimum absolute atomic E-state index is 0.117. The van der Waals surface area contributed by atoms with Gasteiger partial charge >= 0.3 is 0 Å². The van der Waals surface area contributed by atoms with Gasteiger partial charge in [0.2, 0.25) is 5.91 Å². The van der Waals surface area contributed by atoms with Gasteiger partial charge in [-0.1, -0.05) is 20.8 Å². The number of rotatable bonds is 4. The molecule has 1 heterocycles. The molecular formula is C14H28N2O. The van der Waals surface area contributed by atoms with Crippen molar-refractivity contribution >= 4 is 5.91 Å². The zero-order chi connectivity index (χ0) is 13.1. The Morgan fingerprint density at radius 2 is 1.94 bits per heavy atom. The summed E-state index contributed by atoms with van der Waals surface area (Å²) in [5.74, 6) is 0.179. The second kappa shape index (κ2) is 5.38. The molecule has 1 unspecified atom stereocenters. The van der Waals surface area contributed by atoms with E-state index in [-0.39, 0.29) is 16.9 Å². The van der Waals surface area contributed by atoms with E-state index in [0.717, 1.165) is 19.4 Å². The molecule has 0 aromatic carbocycles. The van der Waals surface area contributed by atoms with Crippen LogP contribution in [-0.2, 0) is 4.79 Å². The number of carbonyl (C=O) groups is 1. The van der Waals surface area contributed by atoms with E-state index in [2.05, 4.69) is 45.3 Å². The van der Waals surface area contributed by atoms with Gasteiger partial charge in [0, 0.05) is 18.0 Å². The first-order valence-corrected chi connectivity index (χ1v) is 6.72. The highest BCUT2D eigenvalue weighted by molar-refractivity contribution is 5.77. The number of hydrogen-bond acceptors (Lipinski definition) is 2. The molecule has 0 saturated carbocycles. The second-order valence-electron chi connectivity index (χ2n) is 7.17. The highest BCUT2D eigenvalue weighted by atomic mass is 16.1. The quantitative estimate of drug-likeness (QED) is 0.792. The van der Waals surface area contributed by atoms with Crippen LogP contribution >= 0.6 is 0 Å². The van der Waals surface area contributed by atoms with Gasteiger partial charge in [-0.25, -0.2) is 0 Å². The van der Waals surface area contributed by atoms with Gasteiger partial charge in [-0.2, -0.15) is 0 Å². The van der Waals surface area contributed by atoms with E-state index in [0.29, 0.717) is 12.5 Å². The predicted octanol–water partition coefficient (Wildman–Crippen LogP) is 2.46. The SMILES string of the molecule is CC(C)(C)CC(C)(C)NC(=O)CC1CCCN1. The average Bonchev–Trinajstić information content (AvgIpc) is 2.49. The summed E-state index contributed by atoms with van der Waals surface area (Å²) >= 11 is 0. The van der Waals surface area contributed by atoms with Gasteiger partial charge in [0.05, 0.1) is 0 Å². The summed E-state index contributed by atoms with van der Waals surface area (Å²) in [5, 5.41) is 6.52. The van der Waals surface area contributed by atoms with Gasteiger partial charge in [0.15, 0.2) is 0 Å². The van der Waals surface area contributed by atoms with E-state index in [9.17, 15) is 4.79 Å². The fourth-order valence-corrected chi connectivity index (χ4v) is 2.95. The molecule has 1 aliphatic heterocycles. The van der Waals surface area contributed by atoms with Crippen LogP contribution in [0.4, 0.5) is 0 Å². The van der Waals surface area contributed by atoms with E-state index < -0.39 is 0 Å². The Balaban J connectivity index is 2.38. The summed E-state index contributed by atoms with van der Waals surface area (Å²) in [4.78, 5) is 11.9. The maximum absolute atomic E-state index is 11.9. The van der Waals surface area contributed by atoms with E-state index >= 15 is 0 Å². The zero-order valence-electron chi connectivity index (χ0n) is 12.0. The molecule has 1 amide bonds. The third-order valence-electron chi connectivity index (χ3n) is 3.04. The molecule has 1 atom stereocenters. The Bertz CT molecular complexity index is 260. The van der Waals surface area contributed by atoms with Crippen LogP contribution in [0.3, 0.4) is 0 Å². The Labute approximate surface area is 106 Å². The molecule has 0 radical (unpaired) electrons. The van der Waals surface area contributed by atoms with Crippen molar-refractivity contribution in [3.63, 3.8) is 0 Å². The summed E-state index contributed by atoms with van der Waals surface area (Å²) < 4.78 is 0. The van der Waals surface area contributed by atoms with E-state index in [4.69, 9.17) is 0 Å². The minimum atomic E-state index is -0.117. The molecule has 3 nitrogen and oxygen atoms in total. The summed E-state index contributed by atoms with van der Waals surface area (Å²) in [7, 11) is 0. The van der Waals surface area contributed by atoms with Crippen molar-refractivity contribution in [2.24, 2.45) is 5.41 Å². The Morgan fingerprint density at radius 3 is 2.41 bits per heavy atom. The number of amides is 1. The molecule has 0 spiro atoms. The zero-order valence-corrected chi connectivity index (χ0v) is 12.0. The largest absolute Gasteiger partial charge is 0.351 e. The van der Waals surface area contributed by atoms with Crippen molar-refractivity contribution in [2.45, 2.75) is 71.9 Å². The van der Waals surface area contributed by atoms with Crippen molar-refractivity contribution in [3.05, 3.63) is 0 Å². The van der Waals surface area contributed by atoms with Crippen molar-refractivity contribution in [3.8, 4) is 0 Å². The van der Waals surface area contributed by atoms with Crippen LogP contribution < -0.4 is 10.6 Å². The number of nitrogens with one attached hydrogen (secondary N) is 2. The van der Waals surface area contributed by atoms with Crippen LogP contribution in [0.25, 0.3) is 0 Å². The lowest BCUT2D eigenvalue weighted by Crippen LogP contribution is -2.47. The highest BCUT2D eigenvalue weighted by Gasteiger charge is 2.28. The molecule has 1 aliphatic rings. The first-order valence-electron chi connectivity index (χ1n) is 6.72. The van der Waals surface area contributed by atoms with E-state index in [1.807, 2.05) is 0 Å². The Hall–Kier alpha value is -0.570. The molecule has 0 aromatic heterocycles. The van der Waals surface area contributed by atoms with E-state index in [1.54, 1.807) is 0 Å². The molecule has 1 rings (SSSR count). The minimum Gasteiger partial charge on any atom is -0.351 e. The lowest BCUT2D eigenvalue weighted by Gasteiger charge is -2.33. The lowest BCUT2D eigenvalue weighted by molar-refractivity contribution is -0.123. The van der Waals surface area contributed by atoms with Gasteiger partial charge in [-0.15, -0.1) is 0 Å². The summed E-state index contributed by atoms with van der Waals surface area (Å²) in [6, 6.07) is 0.389. The summed E-state index contributed by atoms with van der Waals surface area (Å²) in [6.07, 6.45) is 3.94. The van der Waals surface area contributed by atoms with Gasteiger partial charge in [0.25, 0.3) is 0 Å². The maximum Gasteiger partial charge on any atom is 0.221 e. The van der Waals surface area contributed by atoms with Crippen molar-refractivity contribution in [1.29, 1.82) is 0 Å². The monoisotopic (exact) mass is 240 g/mol. The fraction of sp³-hybridized carbons (Fsp3) is 0.929. The molecule has 2 N–H and O–H groups in total. The van der Waals surface area contributed by atoms with Crippen LogP contribution in [0, 0.1) is 5.41 Å². The predicted molar refractivity (Wildman–Crippen MR) is 71.9 cm³/mol. The van der Waals surface area contributed by atoms with Gasteiger partial charge < -0.3 is 10.6 Å². The summed E-state index contributed by atoms with van der Waals surface area (Å²) in [6.45, 7) is 11.9. The number of carbonyl (C=O) groups excluding carboxylic acids is 1. The lowest BCUT2D eigenvalue weighted by atomic mass is 9.81. The normalized spacial score (nSPS) is 21.6. The topological polar surface area (TPSA) is 41.1 Å². The molecule has 0 aromatic rings. The first kappa shape index (κ1) is 14.5. The van der Waals surface area contributed by atoms with Gasteiger partial charge in [-0.3, -0.25) is 4.79 Å². The number of hydrogen-bond donors (Lipinski definition) is 2. The van der Waals surface area contributed by atoms with Crippen LogP contribution in [0.1, 0.15) is 60.3 Å². The molecule has 1 fully saturated rings. The molecule has 17 heavy (non-hydrogen) atoms. The van der Waals surface area contributed by atoms with E-state index in [1.165, 1.54) is 6.42 Å². The second-order valence-corrected chi connectivity index (χ2v) is 7.17. The highest BCUT2D eigenvalue weighted by Crippen LogP contribution is 2.26. The Kier molecular flexibility index (Phi) is 4.59. The van der Waals surface area contributed by atoms with Crippen molar-refractivity contribution < 1.29 is 4.79 Å². The fourth-order valence-electron chi connectivity index (χ4n) is 2.95. The van der Waals surface area contributed by atoms with Crippen molar-refractivity contribution in [1.82, 2.24) is 10.6 Å². The standard InChI is InChI=1S/C14H28N2O/c1-13(2,3)10-14(4,5)16-12(17)9-11-7-6-8-15-11/h11,15H,6-10H2,1-5H3,(H,16,17). The summed E-state index contributed by atoms with van der Waals surface area (Å²) in [5.41, 5.74) is 0.121. The molecular weight excluding hydrogens is 212 g/mol. The van der Waals surface area contributed by atoms with Crippen LogP contribution in [0.5, 0.6) is 0 Å². The molecule has 0 aliphatic carbocycles. The van der Waals surface area contributed by atoms with Crippen molar-refractivity contribution in [2.75, 3.05) is 6.54 Å². The molecule has 100 valence electrons. The maximum atomic E-state index is 11.9. The smallest absolute Gasteiger partial charge is 0.221 e.